The smallest absolute Gasteiger partial charge is 0.355 e. The zero-order chi connectivity index (χ0) is 27.2. The van der Waals surface area contributed by atoms with E-state index in [1.807, 2.05) is 0 Å². The van der Waals surface area contributed by atoms with E-state index in [1.165, 1.54) is 32.1 Å². The number of carbonyl (C=O) groups excluding carboxylic acids is 1. The standard InChI is InChI=1S/C26H45NO8S2/c1-17(4-9-24(28)27-14-15-36(29,30)31)21-7-8-22-20-6-5-18-16-19(35-37(32,33)34)10-12-25(18,2)23(20)11-13-26(21,22)3/h17-23H,4-16H2,1-3H3,(H,27,28)(H,29,30,31)(H,32,33,34)/t17-,18-,19-,20+,21-,22+,23+,25+,26-/m1/s1. The van der Waals surface area contributed by atoms with E-state index in [0.29, 0.717) is 54.8 Å². The molecule has 3 N–H and O–H groups in total. The van der Waals surface area contributed by atoms with E-state index in [1.54, 1.807) is 0 Å². The molecule has 4 fully saturated rings. The van der Waals surface area contributed by atoms with Crippen molar-refractivity contribution in [2.45, 2.75) is 97.5 Å². The first-order chi connectivity index (χ1) is 17.1. The van der Waals surface area contributed by atoms with Crippen LogP contribution in [0.4, 0.5) is 0 Å². The van der Waals surface area contributed by atoms with E-state index in [0.717, 1.165) is 19.3 Å². The summed E-state index contributed by atoms with van der Waals surface area (Å²) >= 11 is 0. The van der Waals surface area contributed by atoms with E-state index in [4.69, 9.17) is 13.3 Å². The number of fused-ring (bicyclic) bond motifs is 5. The van der Waals surface area contributed by atoms with Gasteiger partial charge >= 0.3 is 10.4 Å². The quantitative estimate of drug-likeness (QED) is 0.353. The molecule has 0 aromatic carbocycles. The average molecular weight is 564 g/mol. The molecule has 9 atom stereocenters. The van der Waals surface area contributed by atoms with E-state index in [2.05, 4.69) is 26.1 Å². The second-order valence-electron chi connectivity index (χ2n) is 13.0. The zero-order valence-electron chi connectivity index (χ0n) is 22.4. The first kappa shape index (κ1) is 29.2. The van der Waals surface area contributed by atoms with E-state index < -0.39 is 32.4 Å². The van der Waals surface area contributed by atoms with Crippen molar-refractivity contribution in [2.75, 3.05) is 12.3 Å². The van der Waals surface area contributed by atoms with Crippen LogP contribution in [0.25, 0.3) is 0 Å². The lowest BCUT2D eigenvalue weighted by molar-refractivity contribution is -0.127. The predicted octanol–water partition coefficient (Wildman–Crippen LogP) is 4.25. The third kappa shape index (κ3) is 6.36. The Bertz CT molecular complexity index is 1060. The summed E-state index contributed by atoms with van der Waals surface area (Å²) < 4.78 is 67.2. The largest absolute Gasteiger partial charge is 0.397 e. The minimum absolute atomic E-state index is 0.0687. The molecule has 37 heavy (non-hydrogen) atoms. The number of amides is 1. The van der Waals surface area contributed by atoms with Gasteiger partial charge in [0.05, 0.1) is 11.9 Å². The zero-order valence-corrected chi connectivity index (χ0v) is 24.0. The number of rotatable bonds is 9. The number of hydrogen-bond acceptors (Lipinski definition) is 6. The number of carbonyl (C=O) groups is 1. The molecule has 11 heteroatoms. The van der Waals surface area contributed by atoms with Crippen LogP contribution in [0, 0.1) is 46.3 Å². The van der Waals surface area contributed by atoms with E-state index >= 15 is 0 Å². The van der Waals surface area contributed by atoms with Gasteiger partial charge in [0.2, 0.25) is 5.91 Å². The van der Waals surface area contributed by atoms with Gasteiger partial charge in [-0.05, 0) is 111 Å². The van der Waals surface area contributed by atoms with Gasteiger partial charge in [-0.25, -0.2) is 4.18 Å². The van der Waals surface area contributed by atoms with Gasteiger partial charge in [0, 0.05) is 13.0 Å². The lowest BCUT2D eigenvalue weighted by atomic mass is 9.44. The van der Waals surface area contributed by atoms with Crippen LogP contribution in [-0.2, 0) is 29.5 Å². The molecule has 0 saturated heterocycles. The molecular weight excluding hydrogens is 518 g/mol. The maximum Gasteiger partial charge on any atom is 0.397 e. The highest BCUT2D eigenvalue weighted by Gasteiger charge is 2.60. The summed E-state index contributed by atoms with van der Waals surface area (Å²) in [5.41, 5.74) is 0.448. The lowest BCUT2D eigenvalue weighted by Gasteiger charge is -2.61. The fourth-order valence-electron chi connectivity index (χ4n) is 9.42. The van der Waals surface area contributed by atoms with Crippen LogP contribution in [0.15, 0.2) is 0 Å². The molecule has 1 amide bonds. The van der Waals surface area contributed by atoms with Gasteiger partial charge in [-0.3, -0.25) is 13.9 Å². The first-order valence-electron chi connectivity index (χ1n) is 14.0. The van der Waals surface area contributed by atoms with Crippen LogP contribution in [0.5, 0.6) is 0 Å². The minimum Gasteiger partial charge on any atom is -0.355 e. The molecule has 0 aliphatic heterocycles. The molecule has 214 valence electrons. The fraction of sp³-hybridized carbons (Fsp3) is 0.962. The van der Waals surface area contributed by atoms with Crippen molar-refractivity contribution in [2.24, 2.45) is 46.3 Å². The van der Waals surface area contributed by atoms with Gasteiger partial charge in [0.1, 0.15) is 0 Å². The van der Waals surface area contributed by atoms with Crippen LogP contribution >= 0.6 is 0 Å². The maximum absolute atomic E-state index is 12.2. The molecule has 0 aromatic rings. The third-order valence-electron chi connectivity index (χ3n) is 11.1. The molecule has 4 saturated carbocycles. The summed E-state index contributed by atoms with van der Waals surface area (Å²) in [6.45, 7) is 7.07. The highest BCUT2D eigenvalue weighted by atomic mass is 32.3. The van der Waals surface area contributed by atoms with Gasteiger partial charge < -0.3 is 5.32 Å². The minimum atomic E-state index is -4.42. The fourth-order valence-corrected chi connectivity index (χ4v) is 10.3. The average Bonchev–Trinajstić information content (AvgIpc) is 3.13. The molecular formula is C26H45NO8S2. The Balaban J connectivity index is 1.35. The van der Waals surface area contributed by atoms with Crippen molar-refractivity contribution >= 4 is 26.4 Å². The Kier molecular flexibility index (Phi) is 8.43. The van der Waals surface area contributed by atoms with E-state index in [9.17, 15) is 21.6 Å². The van der Waals surface area contributed by atoms with Gasteiger partial charge in [-0.15, -0.1) is 0 Å². The normalized spacial score (nSPS) is 40.8. The summed E-state index contributed by atoms with van der Waals surface area (Å²) in [5, 5.41) is 2.60. The molecule has 4 aliphatic rings. The second-order valence-corrected chi connectivity index (χ2v) is 15.6. The first-order valence-corrected chi connectivity index (χ1v) is 17.0. The van der Waals surface area contributed by atoms with Crippen LogP contribution in [0.1, 0.15) is 91.4 Å². The third-order valence-corrected chi connectivity index (χ3v) is 12.4. The van der Waals surface area contributed by atoms with Crippen molar-refractivity contribution in [3.05, 3.63) is 0 Å². The Labute approximate surface area is 222 Å². The van der Waals surface area contributed by atoms with E-state index in [-0.39, 0.29) is 23.3 Å². The lowest BCUT2D eigenvalue weighted by Crippen LogP contribution is -2.54. The van der Waals surface area contributed by atoms with Crippen molar-refractivity contribution in [1.29, 1.82) is 0 Å². The molecule has 9 nitrogen and oxygen atoms in total. The Morgan fingerprint density at radius 1 is 0.973 bits per heavy atom. The molecule has 0 unspecified atom stereocenters. The Morgan fingerprint density at radius 2 is 1.65 bits per heavy atom. The van der Waals surface area contributed by atoms with Crippen molar-refractivity contribution in [3.63, 3.8) is 0 Å². The summed E-state index contributed by atoms with van der Waals surface area (Å²) in [4.78, 5) is 12.2. The molecule has 4 aliphatic carbocycles. The highest BCUT2D eigenvalue weighted by molar-refractivity contribution is 7.85. The topological polar surface area (TPSA) is 147 Å². The van der Waals surface area contributed by atoms with Crippen molar-refractivity contribution in [3.8, 4) is 0 Å². The van der Waals surface area contributed by atoms with Gasteiger partial charge in [-0.1, -0.05) is 20.8 Å². The number of nitrogens with one attached hydrogen (secondary N) is 1. The SMILES string of the molecule is C[C@H](CCC(=O)NCCS(=O)(=O)O)[C@H]1CC[C@H]2[C@@H]3CC[C@@H]4C[C@H](OS(=O)(=O)O)CC[C@]4(C)[C@H]3CC[C@]12C. The van der Waals surface area contributed by atoms with Gasteiger partial charge in [0.25, 0.3) is 10.1 Å². The molecule has 0 bridgehead atoms. The highest BCUT2D eigenvalue weighted by Crippen LogP contribution is 2.68. The summed E-state index contributed by atoms with van der Waals surface area (Å²) in [7, 11) is -8.49. The molecule has 4 rings (SSSR count). The van der Waals surface area contributed by atoms with Gasteiger partial charge in [0.15, 0.2) is 0 Å². The second kappa shape index (κ2) is 10.7. The van der Waals surface area contributed by atoms with Crippen molar-refractivity contribution in [1.82, 2.24) is 5.32 Å². The molecule has 0 spiro atoms. The maximum atomic E-state index is 12.2. The molecule has 0 aromatic heterocycles. The van der Waals surface area contributed by atoms with Crippen molar-refractivity contribution < 1.29 is 34.9 Å². The molecule has 0 heterocycles. The summed E-state index contributed by atoms with van der Waals surface area (Å²) in [5.74, 6) is 2.75. The number of hydrogen-bond donors (Lipinski definition) is 3. The van der Waals surface area contributed by atoms with Crippen LogP contribution < -0.4 is 5.32 Å². The summed E-state index contributed by atoms with van der Waals surface area (Å²) in [6, 6.07) is 0. The Hall–Kier alpha value is -0.750. The van der Waals surface area contributed by atoms with Crippen LogP contribution in [-0.4, -0.2) is 50.2 Å². The molecule has 0 radical (unpaired) electrons. The predicted molar refractivity (Wildman–Crippen MR) is 139 cm³/mol. The van der Waals surface area contributed by atoms with Crippen LogP contribution in [0.3, 0.4) is 0 Å². The van der Waals surface area contributed by atoms with Crippen LogP contribution in [0.2, 0.25) is 0 Å². The van der Waals surface area contributed by atoms with Gasteiger partial charge in [-0.2, -0.15) is 16.8 Å². The summed E-state index contributed by atoms with van der Waals surface area (Å²) in [6.07, 6.45) is 10.1. The Morgan fingerprint density at radius 3 is 2.32 bits per heavy atom. The monoisotopic (exact) mass is 563 g/mol.